The molecule has 0 aromatic heterocycles. The van der Waals surface area contributed by atoms with E-state index in [4.69, 9.17) is 18.9 Å². The summed E-state index contributed by atoms with van der Waals surface area (Å²) in [5.74, 6) is -2.74. The van der Waals surface area contributed by atoms with Crippen LogP contribution in [0.3, 0.4) is 0 Å². The van der Waals surface area contributed by atoms with E-state index in [0.717, 1.165) is 31.2 Å². The highest BCUT2D eigenvalue weighted by molar-refractivity contribution is 5.98. The second kappa shape index (κ2) is 17.3. The maximum Gasteiger partial charge on any atom is 0.339 e. The van der Waals surface area contributed by atoms with Crippen LogP contribution < -0.4 is 10.6 Å². The first-order valence-corrected chi connectivity index (χ1v) is 19.6. The third kappa shape index (κ3) is 10.0. The Hall–Kier alpha value is -4.56. The normalized spacial score (nSPS) is 23.3. The quantitative estimate of drug-likeness (QED) is 0.153. The van der Waals surface area contributed by atoms with Crippen molar-refractivity contribution in [3.8, 4) is 5.75 Å². The van der Waals surface area contributed by atoms with Gasteiger partial charge >= 0.3 is 11.9 Å². The first-order chi connectivity index (χ1) is 26.7. The van der Waals surface area contributed by atoms with Gasteiger partial charge in [0.2, 0.25) is 11.8 Å². The third-order valence-electron chi connectivity index (χ3n) is 10.5. The van der Waals surface area contributed by atoms with Gasteiger partial charge in [0.25, 0.3) is 0 Å². The monoisotopic (exact) mass is 774 g/mol. The van der Waals surface area contributed by atoms with Crippen molar-refractivity contribution in [3.05, 3.63) is 82.9 Å². The number of ether oxygens (including phenoxy) is 4. The van der Waals surface area contributed by atoms with Crippen LogP contribution in [0.5, 0.6) is 5.75 Å². The Kier molecular flexibility index (Phi) is 12.7. The van der Waals surface area contributed by atoms with Gasteiger partial charge in [0, 0.05) is 30.3 Å². The van der Waals surface area contributed by atoms with Crippen LogP contribution in [0.15, 0.2) is 66.3 Å². The van der Waals surface area contributed by atoms with Crippen LogP contribution in [-0.4, -0.2) is 93.6 Å². The second-order valence-electron chi connectivity index (χ2n) is 16.3. The predicted molar refractivity (Wildman–Crippen MR) is 205 cm³/mol. The molecule has 6 atom stereocenters. The SMILES string of the molecule is CC(O)C(NC(=O)C1=CC2OC(C3CC3)(C3CC3)OC2C(OC(=O)c2ccccc2C=CCc2ccccc2O)C1)C(=O)NC(CO)CCC(=O)OC(C)(C)C. The summed E-state index contributed by atoms with van der Waals surface area (Å²) in [7, 11) is 0. The van der Waals surface area contributed by atoms with Crippen LogP contribution in [0.1, 0.15) is 94.1 Å². The molecule has 56 heavy (non-hydrogen) atoms. The van der Waals surface area contributed by atoms with E-state index in [1.807, 2.05) is 24.3 Å². The molecule has 0 spiro atoms. The standard InChI is InChI=1S/C43H54N2O11/c1-25(47)37(40(51)44-31(24-46)20-21-36(49)55-42(2,3)4)45-39(50)28-22-34(38-35(23-28)54-43(56-38,29-16-17-29)30-18-19-30)53-41(52)32-14-7-5-10-26(32)12-9-13-27-11-6-8-15-33(27)48/h5-12,14-15,23,25,29-31,34-35,37-38,46-48H,13,16-22,24H2,1-4H3,(H,44,51)(H,45,50). The molecule has 4 aliphatic rings. The number of carbonyl (C=O) groups is 4. The van der Waals surface area contributed by atoms with Gasteiger partial charge in [-0.1, -0.05) is 48.6 Å². The first-order valence-electron chi connectivity index (χ1n) is 19.6. The van der Waals surface area contributed by atoms with Gasteiger partial charge in [-0.25, -0.2) is 4.79 Å². The number of para-hydroxylation sites is 1. The molecule has 1 aliphatic heterocycles. The molecule has 2 saturated carbocycles. The number of rotatable bonds is 16. The molecule has 1 heterocycles. The number of aliphatic hydroxyl groups is 2. The van der Waals surface area contributed by atoms with Crippen molar-refractivity contribution in [1.82, 2.24) is 10.6 Å². The smallest absolute Gasteiger partial charge is 0.339 e. The Morgan fingerprint density at radius 3 is 2.30 bits per heavy atom. The van der Waals surface area contributed by atoms with Gasteiger partial charge < -0.3 is 44.9 Å². The Balaban J connectivity index is 1.17. The number of hydrogen-bond acceptors (Lipinski definition) is 11. The molecule has 2 aromatic rings. The van der Waals surface area contributed by atoms with Gasteiger partial charge in [-0.3, -0.25) is 14.4 Å². The fourth-order valence-electron chi connectivity index (χ4n) is 7.42. The minimum absolute atomic E-state index is 0.0396. The summed E-state index contributed by atoms with van der Waals surface area (Å²) < 4.78 is 24.9. The summed E-state index contributed by atoms with van der Waals surface area (Å²) in [6.07, 6.45) is 5.94. The summed E-state index contributed by atoms with van der Waals surface area (Å²) in [4.78, 5) is 53.5. The van der Waals surface area contributed by atoms with Crippen molar-refractivity contribution in [2.75, 3.05) is 6.61 Å². The Labute approximate surface area is 327 Å². The molecule has 302 valence electrons. The van der Waals surface area contributed by atoms with E-state index in [-0.39, 0.29) is 42.4 Å². The van der Waals surface area contributed by atoms with Crippen LogP contribution >= 0.6 is 0 Å². The lowest BCUT2D eigenvalue weighted by atomic mass is 9.91. The van der Waals surface area contributed by atoms with Gasteiger partial charge in [-0.15, -0.1) is 0 Å². The number of esters is 2. The number of hydrogen-bond donors (Lipinski definition) is 5. The van der Waals surface area contributed by atoms with Crippen LogP contribution in [0.4, 0.5) is 0 Å². The number of nitrogens with one attached hydrogen (secondary N) is 2. The Morgan fingerprint density at radius 1 is 0.982 bits per heavy atom. The number of amides is 2. The van der Waals surface area contributed by atoms with Crippen molar-refractivity contribution < 1.29 is 53.4 Å². The van der Waals surface area contributed by atoms with Gasteiger partial charge in [0.05, 0.1) is 24.3 Å². The van der Waals surface area contributed by atoms with E-state index in [1.54, 1.807) is 63.3 Å². The number of allylic oxidation sites excluding steroid dienone is 1. The molecule has 2 amide bonds. The average Bonchev–Trinajstić information content (AvgIpc) is 4.10. The molecule has 0 bridgehead atoms. The zero-order valence-electron chi connectivity index (χ0n) is 32.4. The molecule has 5 N–H and O–H groups in total. The number of aliphatic hydroxyl groups excluding tert-OH is 2. The van der Waals surface area contributed by atoms with E-state index in [1.165, 1.54) is 6.92 Å². The zero-order chi connectivity index (χ0) is 40.2. The van der Waals surface area contributed by atoms with E-state index in [0.29, 0.717) is 17.5 Å². The van der Waals surface area contributed by atoms with Crippen molar-refractivity contribution in [2.45, 2.75) is 127 Å². The molecule has 1 saturated heterocycles. The Morgan fingerprint density at radius 2 is 1.66 bits per heavy atom. The minimum atomic E-state index is -1.41. The molecule has 6 rings (SSSR count). The van der Waals surface area contributed by atoms with E-state index < -0.39 is 78.2 Å². The molecule has 0 radical (unpaired) electrons. The van der Waals surface area contributed by atoms with Crippen LogP contribution in [0.2, 0.25) is 0 Å². The molecular formula is C43H54N2O11. The van der Waals surface area contributed by atoms with E-state index in [2.05, 4.69) is 10.6 Å². The van der Waals surface area contributed by atoms with Gasteiger partial charge in [0.15, 0.2) is 5.79 Å². The highest BCUT2D eigenvalue weighted by atomic mass is 16.8. The lowest BCUT2D eigenvalue weighted by Gasteiger charge is -2.32. The molecule has 13 heteroatoms. The fraction of sp³-hybridized carbons (Fsp3) is 0.535. The fourth-order valence-corrected chi connectivity index (χ4v) is 7.42. The molecule has 6 unspecified atom stereocenters. The zero-order valence-corrected chi connectivity index (χ0v) is 32.4. The number of phenolic OH excluding ortho intramolecular Hbond substituents is 1. The van der Waals surface area contributed by atoms with Crippen molar-refractivity contribution in [1.29, 1.82) is 0 Å². The molecule has 13 nitrogen and oxygen atoms in total. The summed E-state index contributed by atoms with van der Waals surface area (Å²) in [5, 5.41) is 36.0. The lowest BCUT2D eigenvalue weighted by molar-refractivity contribution is -0.209. The highest BCUT2D eigenvalue weighted by Gasteiger charge is 2.64. The number of fused-ring (bicyclic) bond motifs is 1. The number of aromatic hydroxyl groups is 1. The maximum absolute atomic E-state index is 13.9. The van der Waals surface area contributed by atoms with Crippen LogP contribution in [0, 0.1) is 11.8 Å². The predicted octanol–water partition coefficient (Wildman–Crippen LogP) is 4.27. The average molecular weight is 775 g/mol. The number of phenols is 1. The summed E-state index contributed by atoms with van der Waals surface area (Å²) in [5.41, 5.74) is 1.17. The highest BCUT2D eigenvalue weighted by Crippen LogP contribution is 2.59. The lowest BCUT2D eigenvalue weighted by Crippen LogP contribution is -2.55. The minimum Gasteiger partial charge on any atom is -0.508 e. The maximum atomic E-state index is 13.9. The van der Waals surface area contributed by atoms with Gasteiger partial charge in [0.1, 0.15) is 35.7 Å². The molecular weight excluding hydrogens is 720 g/mol. The van der Waals surface area contributed by atoms with Gasteiger partial charge in [-0.05, 0) is 95.6 Å². The molecule has 3 fully saturated rings. The van der Waals surface area contributed by atoms with Crippen molar-refractivity contribution in [2.24, 2.45) is 11.8 Å². The third-order valence-corrected chi connectivity index (χ3v) is 10.5. The van der Waals surface area contributed by atoms with Crippen LogP contribution in [0.25, 0.3) is 6.08 Å². The number of benzene rings is 2. The number of carbonyl (C=O) groups excluding carboxylic acids is 4. The van der Waals surface area contributed by atoms with Crippen molar-refractivity contribution in [3.63, 3.8) is 0 Å². The van der Waals surface area contributed by atoms with Crippen LogP contribution in [-0.2, 0) is 39.8 Å². The largest absolute Gasteiger partial charge is 0.508 e. The van der Waals surface area contributed by atoms with Gasteiger partial charge in [-0.2, -0.15) is 0 Å². The van der Waals surface area contributed by atoms with E-state index in [9.17, 15) is 34.5 Å². The topological polar surface area (TPSA) is 190 Å². The Bertz CT molecular complexity index is 1810. The van der Waals surface area contributed by atoms with E-state index >= 15 is 0 Å². The molecule has 3 aliphatic carbocycles. The summed E-state index contributed by atoms with van der Waals surface area (Å²) in [6.45, 7) is 6.10. The second-order valence-corrected chi connectivity index (χ2v) is 16.3. The molecule has 2 aromatic carbocycles. The first kappa shape index (κ1) is 41.1. The summed E-state index contributed by atoms with van der Waals surface area (Å²) >= 11 is 0. The summed E-state index contributed by atoms with van der Waals surface area (Å²) in [6, 6.07) is 11.8. The van der Waals surface area contributed by atoms with Crippen molar-refractivity contribution >= 4 is 29.8 Å².